The summed E-state index contributed by atoms with van der Waals surface area (Å²) < 4.78 is 1.03. The average molecular weight is 281 g/mol. The van der Waals surface area contributed by atoms with Crippen LogP contribution in [0.25, 0.3) is 10.6 Å². The maximum absolute atomic E-state index is 8.38. The summed E-state index contributed by atoms with van der Waals surface area (Å²) in [7, 11) is 0. The SMILES string of the molecule is N#CNc1ccc(-c2cc(Br)cs2)nn1. The van der Waals surface area contributed by atoms with Crippen molar-refractivity contribution in [1.82, 2.24) is 10.2 Å². The predicted molar refractivity (Wildman–Crippen MR) is 62.3 cm³/mol. The molecule has 1 N–H and O–H groups in total. The molecule has 0 unspecified atom stereocenters. The highest BCUT2D eigenvalue weighted by Crippen LogP contribution is 2.28. The summed E-state index contributed by atoms with van der Waals surface area (Å²) in [6.07, 6.45) is 1.79. The zero-order chi connectivity index (χ0) is 10.7. The molecule has 74 valence electrons. The third-order valence-corrected chi connectivity index (χ3v) is 3.38. The number of halogens is 1. The van der Waals surface area contributed by atoms with Gasteiger partial charge in [0.15, 0.2) is 12.0 Å². The summed E-state index contributed by atoms with van der Waals surface area (Å²) in [6, 6.07) is 5.52. The fourth-order valence-electron chi connectivity index (χ4n) is 1.03. The molecule has 2 aromatic rings. The molecular weight excluding hydrogens is 276 g/mol. The fraction of sp³-hybridized carbons (Fsp3) is 0. The van der Waals surface area contributed by atoms with Crippen LogP contribution in [0, 0.1) is 11.5 Å². The van der Waals surface area contributed by atoms with E-state index in [0.29, 0.717) is 5.82 Å². The van der Waals surface area contributed by atoms with Crippen LogP contribution in [0.2, 0.25) is 0 Å². The van der Waals surface area contributed by atoms with Gasteiger partial charge in [-0.2, -0.15) is 5.26 Å². The van der Waals surface area contributed by atoms with Crippen LogP contribution in [0.15, 0.2) is 28.1 Å². The number of aromatic nitrogens is 2. The number of thiophene rings is 1. The number of hydrogen-bond acceptors (Lipinski definition) is 5. The molecule has 0 atom stereocenters. The van der Waals surface area contributed by atoms with Crippen molar-refractivity contribution in [1.29, 1.82) is 5.26 Å². The molecule has 0 aliphatic carbocycles. The molecule has 2 heterocycles. The van der Waals surface area contributed by atoms with E-state index >= 15 is 0 Å². The highest BCUT2D eigenvalue weighted by Gasteiger charge is 2.03. The van der Waals surface area contributed by atoms with Gasteiger partial charge in [0.25, 0.3) is 0 Å². The normalized spacial score (nSPS) is 9.60. The minimum absolute atomic E-state index is 0.455. The van der Waals surface area contributed by atoms with Gasteiger partial charge in [0.1, 0.15) is 5.69 Å². The Morgan fingerprint density at radius 2 is 2.27 bits per heavy atom. The molecule has 0 bridgehead atoms. The zero-order valence-corrected chi connectivity index (χ0v) is 9.84. The minimum Gasteiger partial charge on any atom is -0.275 e. The number of nitrogens with one attached hydrogen (secondary N) is 1. The molecule has 0 saturated carbocycles. The lowest BCUT2D eigenvalue weighted by atomic mass is 10.3. The van der Waals surface area contributed by atoms with E-state index < -0.39 is 0 Å². The summed E-state index contributed by atoms with van der Waals surface area (Å²) in [5.41, 5.74) is 0.800. The maximum Gasteiger partial charge on any atom is 0.182 e. The van der Waals surface area contributed by atoms with Crippen molar-refractivity contribution in [3.63, 3.8) is 0 Å². The van der Waals surface area contributed by atoms with Crippen molar-refractivity contribution in [3.8, 4) is 16.8 Å². The second-order valence-electron chi connectivity index (χ2n) is 2.67. The van der Waals surface area contributed by atoms with Gasteiger partial charge in [-0.05, 0) is 34.1 Å². The van der Waals surface area contributed by atoms with Gasteiger partial charge in [-0.3, -0.25) is 5.32 Å². The Kier molecular flexibility index (Phi) is 2.94. The molecule has 4 nitrogen and oxygen atoms in total. The lowest BCUT2D eigenvalue weighted by molar-refractivity contribution is 1.05. The van der Waals surface area contributed by atoms with Crippen LogP contribution in [0.5, 0.6) is 0 Å². The molecule has 2 rings (SSSR count). The topological polar surface area (TPSA) is 61.6 Å². The summed E-state index contributed by atoms with van der Waals surface area (Å²) in [4.78, 5) is 1.04. The molecule has 0 aromatic carbocycles. The molecule has 0 aliphatic heterocycles. The summed E-state index contributed by atoms with van der Waals surface area (Å²) in [5, 5.41) is 20.6. The largest absolute Gasteiger partial charge is 0.275 e. The van der Waals surface area contributed by atoms with Crippen LogP contribution in [-0.4, -0.2) is 10.2 Å². The van der Waals surface area contributed by atoms with Crippen molar-refractivity contribution in [2.24, 2.45) is 0 Å². The average Bonchev–Trinajstić information content (AvgIpc) is 2.67. The van der Waals surface area contributed by atoms with E-state index in [-0.39, 0.29) is 0 Å². The molecular formula is C9H5BrN4S. The van der Waals surface area contributed by atoms with Gasteiger partial charge >= 0.3 is 0 Å². The van der Waals surface area contributed by atoms with Crippen molar-refractivity contribution in [2.45, 2.75) is 0 Å². The lowest BCUT2D eigenvalue weighted by Gasteiger charge is -1.96. The second kappa shape index (κ2) is 4.38. The molecule has 0 fully saturated rings. The highest BCUT2D eigenvalue weighted by molar-refractivity contribution is 9.10. The van der Waals surface area contributed by atoms with Crippen molar-refractivity contribution in [3.05, 3.63) is 28.1 Å². The molecule has 0 aliphatic rings. The van der Waals surface area contributed by atoms with Gasteiger partial charge in [0, 0.05) is 9.85 Å². The van der Waals surface area contributed by atoms with Crippen LogP contribution in [-0.2, 0) is 0 Å². The smallest absolute Gasteiger partial charge is 0.182 e. The van der Waals surface area contributed by atoms with E-state index in [9.17, 15) is 0 Å². The van der Waals surface area contributed by atoms with E-state index in [1.165, 1.54) is 0 Å². The van der Waals surface area contributed by atoms with Gasteiger partial charge in [0.05, 0.1) is 4.88 Å². The number of nitriles is 1. The van der Waals surface area contributed by atoms with E-state index in [0.717, 1.165) is 15.0 Å². The zero-order valence-electron chi connectivity index (χ0n) is 7.44. The van der Waals surface area contributed by atoms with Crippen molar-refractivity contribution < 1.29 is 0 Å². The number of nitrogens with zero attached hydrogens (tertiary/aromatic N) is 3. The second-order valence-corrected chi connectivity index (χ2v) is 4.50. The molecule has 2 aromatic heterocycles. The van der Waals surface area contributed by atoms with Gasteiger partial charge < -0.3 is 0 Å². The third kappa shape index (κ3) is 2.32. The number of rotatable bonds is 2. The Bertz CT molecular complexity index is 500. The van der Waals surface area contributed by atoms with Crippen LogP contribution in [0.4, 0.5) is 5.82 Å². The first-order chi connectivity index (χ1) is 7.29. The Labute approximate surface area is 98.7 Å². The first-order valence-electron chi connectivity index (χ1n) is 4.03. The van der Waals surface area contributed by atoms with Crippen molar-refractivity contribution >= 4 is 33.1 Å². The van der Waals surface area contributed by atoms with Gasteiger partial charge in [-0.25, -0.2) is 0 Å². The van der Waals surface area contributed by atoms with Crippen LogP contribution in [0.1, 0.15) is 0 Å². The Balaban J connectivity index is 2.28. The fourth-order valence-corrected chi connectivity index (χ4v) is 2.43. The first kappa shape index (κ1) is 10.1. The molecule has 0 radical (unpaired) electrons. The van der Waals surface area contributed by atoms with Crippen LogP contribution < -0.4 is 5.32 Å². The Hall–Kier alpha value is -1.45. The van der Waals surface area contributed by atoms with Crippen molar-refractivity contribution in [2.75, 3.05) is 5.32 Å². The summed E-state index contributed by atoms with van der Waals surface area (Å²) >= 11 is 4.96. The quantitative estimate of drug-likeness (QED) is 0.679. The predicted octanol–water partition coefficient (Wildman–Crippen LogP) is 2.86. The lowest BCUT2D eigenvalue weighted by Crippen LogP contribution is -1.93. The molecule has 0 spiro atoms. The summed E-state index contributed by atoms with van der Waals surface area (Å²) in [6.45, 7) is 0. The number of hydrogen-bond donors (Lipinski definition) is 1. The van der Waals surface area contributed by atoms with Gasteiger partial charge in [-0.15, -0.1) is 21.5 Å². The monoisotopic (exact) mass is 280 g/mol. The Morgan fingerprint density at radius 1 is 1.40 bits per heavy atom. The van der Waals surface area contributed by atoms with Crippen LogP contribution in [0.3, 0.4) is 0 Å². The van der Waals surface area contributed by atoms with E-state index in [4.69, 9.17) is 5.26 Å². The third-order valence-electron chi connectivity index (χ3n) is 1.67. The summed E-state index contributed by atoms with van der Waals surface area (Å²) in [5.74, 6) is 0.455. The molecule has 0 saturated heterocycles. The minimum atomic E-state index is 0.455. The van der Waals surface area contributed by atoms with E-state index in [2.05, 4.69) is 31.4 Å². The number of anilines is 1. The maximum atomic E-state index is 8.38. The molecule has 6 heteroatoms. The Morgan fingerprint density at radius 3 is 2.80 bits per heavy atom. The van der Waals surface area contributed by atoms with Crippen LogP contribution >= 0.6 is 27.3 Å². The molecule has 0 amide bonds. The highest BCUT2D eigenvalue weighted by atomic mass is 79.9. The van der Waals surface area contributed by atoms with Gasteiger partial charge in [0.2, 0.25) is 0 Å². The first-order valence-corrected chi connectivity index (χ1v) is 5.70. The standard InChI is InChI=1S/C9H5BrN4S/c10-6-3-8(15-4-6)7-1-2-9(12-5-11)14-13-7/h1-4H,(H,12,14). The van der Waals surface area contributed by atoms with E-state index in [1.54, 1.807) is 23.6 Å². The van der Waals surface area contributed by atoms with Gasteiger partial charge in [-0.1, -0.05) is 0 Å². The molecule has 15 heavy (non-hydrogen) atoms. The van der Waals surface area contributed by atoms with E-state index in [1.807, 2.05) is 17.5 Å².